The summed E-state index contributed by atoms with van der Waals surface area (Å²) < 4.78 is 0. The lowest BCUT2D eigenvalue weighted by Crippen LogP contribution is -2.42. The molecule has 2 heteroatoms. The Morgan fingerprint density at radius 1 is 1.21 bits per heavy atom. The van der Waals surface area contributed by atoms with Gasteiger partial charge in [-0.1, -0.05) is 34.6 Å². The van der Waals surface area contributed by atoms with Crippen LogP contribution in [0.25, 0.3) is 0 Å². The third-order valence-electron chi connectivity index (χ3n) is 2.96. The molecule has 0 aromatic rings. The largest absolute Gasteiger partial charge is 0.298 e. The Kier molecular flexibility index (Phi) is 4.79. The number of nitrogens with zero attached hydrogens (tertiary/aromatic N) is 1. The lowest BCUT2D eigenvalue weighted by molar-refractivity contribution is -0.123. The molecule has 2 nitrogen and oxygen atoms in total. The number of hydrogen-bond donors (Lipinski definition) is 0. The minimum atomic E-state index is 0.143. The summed E-state index contributed by atoms with van der Waals surface area (Å²) in [6, 6.07) is 0.421. The normalized spacial score (nSPS) is 14.9. The monoisotopic (exact) mass is 199 g/mol. The summed E-state index contributed by atoms with van der Waals surface area (Å²) in [5.74, 6) is 0.466. The number of likely N-dealkylation sites (N-methyl/N-ethyl adjacent to an activating group) is 1. The SMILES string of the molecule is CC(C)C(=O)CN(C)C(C)C(C)(C)C. The Bertz CT molecular complexity index is 191. The first-order valence-corrected chi connectivity index (χ1v) is 5.39. The molecule has 0 heterocycles. The van der Waals surface area contributed by atoms with Gasteiger partial charge in [-0.2, -0.15) is 0 Å². The number of carbonyl (C=O) groups excluding carboxylic acids is 1. The zero-order chi connectivity index (χ0) is 11.5. The Morgan fingerprint density at radius 3 is 1.93 bits per heavy atom. The first-order chi connectivity index (χ1) is 6.16. The van der Waals surface area contributed by atoms with E-state index in [2.05, 4.69) is 32.6 Å². The van der Waals surface area contributed by atoms with Crippen molar-refractivity contribution in [3.05, 3.63) is 0 Å². The van der Waals surface area contributed by atoms with Crippen LogP contribution in [0.2, 0.25) is 0 Å². The van der Waals surface area contributed by atoms with Crippen LogP contribution in [0.15, 0.2) is 0 Å². The third kappa shape index (κ3) is 4.23. The molecule has 0 radical (unpaired) electrons. The molecule has 0 aliphatic rings. The van der Waals surface area contributed by atoms with Crippen LogP contribution in [0.3, 0.4) is 0 Å². The molecule has 0 aliphatic heterocycles. The van der Waals surface area contributed by atoms with Crippen molar-refractivity contribution in [2.24, 2.45) is 11.3 Å². The van der Waals surface area contributed by atoms with E-state index in [0.717, 1.165) is 0 Å². The van der Waals surface area contributed by atoms with Gasteiger partial charge in [0.05, 0.1) is 6.54 Å². The third-order valence-corrected chi connectivity index (χ3v) is 2.96. The number of Topliss-reactive ketones (excluding diaryl/α,β-unsaturated/α-hetero) is 1. The lowest BCUT2D eigenvalue weighted by Gasteiger charge is -2.35. The van der Waals surface area contributed by atoms with E-state index in [1.165, 1.54) is 0 Å². The fraction of sp³-hybridized carbons (Fsp3) is 0.917. The fourth-order valence-corrected chi connectivity index (χ4v) is 1.23. The minimum absolute atomic E-state index is 0.143. The van der Waals surface area contributed by atoms with E-state index >= 15 is 0 Å². The molecule has 0 fully saturated rings. The van der Waals surface area contributed by atoms with Crippen molar-refractivity contribution in [1.29, 1.82) is 0 Å². The number of rotatable bonds is 4. The van der Waals surface area contributed by atoms with Gasteiger partial charge in [0.2, 0.25) is 0 Å². The van der Waals surface area contributed by atoms with Crippen LogP contribution in [-0.4, -0.2) is 30.3 Å². The van der Waals surface area contributed by atoms with Crippen LogP contribution < -0.4 is 0 Å². The van der Waals surface area contributed by atoms with Crippen molar-refractivity contribution >= 4 is 5.78 Å². The summed E-state index contributed by atoms with van der Waals surface area (Å²) in [5.41, 5.74) is 0.228. The molecule has 1 unspecified atom stereocenters. The molecule has 14 heavy (non-hydrogen) atoms. The molecule has 0 aromatic heterocycles. The van der Waals surface area contributed by atoms with E-state index in [0.29, 0.717) is 18.4 Å². The van der Waals surface area contributed by atoms with Crippen molar-refractivity contribution in [1.82, 2.24) is 4.90 Å². The Labute approximate surface area is 88.7 Å². The molecule has 0 N–H and O–H groups in total. The molecule has 0 saturated carbocycles. The summed E-state index contributed by atoms with van der Waals surface area (Å²) in [7, 11) is 2.02. The van der Waals surface area contributed by atoms with Gasteiger partial charge < -0.3 is 0 Å². The molecule has 0 spiro atoms. The smallest absolute Gasteiger partial charge is 0.149 e. The van der Waals surface area contributed by atoms with Crippen molar-refractivity contribution in [3.63, 3.8) is 0 Å². The first kappa shape index (κ1) is 13.6. The van der Waals surface area contributed by atoms with Gasteiger partial charge in [0.1, 0.15) is 5.78 Å². The molecule has 0 amide bonds. The Balaban J connectivity index is 4.22. The highest BCUT2D eigenvalue weighted by molar-refractivity contribution is 5.82. The fourth-order valence-electron chi connectivity index (χ4n) is 1.23. The summed E-state index contributed by atoms with van der Waals surface area (Å²) in [6.07, 6.45) is 0. The molecule has 1 atom stereocenters. The predicted molar refractivity (Wildman–Crippen MR) is 61.4 cm³/mol. The molecule has 0 rings (SSSR count). The van der Waals surface area contributed by atoms with Gasteiger partial charge >= 0.3 is 0 Å². The van der Waals surface area contributed by atoms with Gasteiger partial charge in [-0.05, 0) is 19.4 Å². The maximum absolute atomic E-state index is 11.5. The molecule has 0 saturated heterocycles. The van der Waals surface area contributed by atoms with Gasteiger partial charge in [0, 0.05) is 12.0 Å². The zero-order valence-electron chi connectivity index (χ0n) is 10.7. The number of hydrogen-bond acceptors (Lipinski definition) is 2. The highest BCUT2D eigenvalue weighted by Crippen LogP contribution is 2.22. The second kappa shape index (κ2) is 4.92. The first-order valence-electron chi connectivity index (χ1n) is 5.39. The van der Waals surface area contributed by atoms with Crippen LogP contribution in [0.5, 0.6) is 0 Å². The molecule has 0 aliphatic carbocycles. The van der Waals surface area contributed by atoms with Crippen LogP contribution in [-0.2, 0) is 4.79 Å². The highest BCUT2D eigenvalue weighted by atomic mass is 16.1. The molecule has 0 bridgehead atoms. The van der Waals surface area contributed by atoms with Crippen LogP contribution in [0, 0.1) is 11.3 Å². The number of ketones is 1. The minimum Gasteiger partial charge on any atom is -0.298 e. The maximum Gasteiger partial charge on any atom is 0.149 e. The van der Waals surface area contributed by atoms with Crippen molar-refractivity contribution in [2.75, 3.05) is 13.6 Å². The van der Waals surface area contributed by atoms with Gasteiger partial charge in [0.25, 0.3) is 0 Å². The van der Waals surface area contributed by atoms with E-state index in [9.17, 15) is 4.79 Å². The molecular weight excluding hydrogens is 174 g/mol. The average molecular weight is 199 g/mol. The van der Waals surface area contributed by atoms with Crippen LogP contribution in [0.1, 0.15) is 41.5 Å². The van der Waals surface area contributed by atoms with E-state index in [4.69, 9.17) is 0 Å². The maximum atomic E-state index is 11.5. The topological polar surface area (TPSA) is 20.3 Å². The molecule has 0 aromatic carbocycles. The summed E-state index contributed by atoms with van der Waals surface area (Å²) in [6.45, 7) is 13.3. The quantitative estimate of drug-likeness (QED) is 0.693. The van der Waals surface area contributed by atoms with Crippen LogP contribution >= 0.6 is 0 Å². The highest BCUT2D eigenvalue weighted by Gasteiger charge is 2.25. The van der Waals surface area contributed by atoms with Crippen molar-refractivity contribution in [3.8, 4) is 0 Å². The van der Waals surface area contributed by atoms with E-state index in [1.807, 2.05) is 20.9 Å². The second-order valence-corrected chi connectivity index (χ2v) is 5.58. The standard InChI is InChI=1S/C12H25NO/c1-9(2)11(14)8-13(7)10(3)12(4,5)6/h9-10H,8H2,1-7H3. The van der Waals surface area contributed by atoms with Gasteiger partial charge in [0.15, 0.2) is 0 Å². The molecular formula is C12H25NO. The Morgan fingerprint density at radius 2 is 1.64 bits per heavy atom. The van der Waals surface area contributed by atoms with Crippen LogP contribution in [0.4, 0.5) is 0 Å². The summed E-state index contributed by atoms with van der Waals surface area (Å²) in [4.78, 5) is 13.7. The average Bonchev–Trinajstić information content (AvgIpc) is 2.00. The second-order valence-electron chi connectivity index (χ2n) is 5.58. The predicted octanol–water partition coefficient (Wildman–Crippen LogP) is 2.58. The molecule has 84 valence electrons. The summed E-state index contributed by atoms with van der Waals surface area (Å²) >= 11 is 0. The number of carbonyl (C=O) groups is 1. The van der Waals surface area contributed by atoms with E-state index in [1.54, 1.807) is 0 Å². The van der Waals surface area contributed by atoms with E-state index < -0.39 is 0 Å². The van der Waals surface area contributed by atoms with E-state index in [-0.39, 0.29) is 11.3 Å². The van der Waals surface area contributed by atoms with Gasteiger partial charge in [-0.3, -0.25) is 9.69 Å². The van der Waals surface area contributed by atoms with Gasteiger partial charge in [-0.15, -0.1) is 0 Å². The zero-order valence-corrected chi connectivity index (χ0v) is 10.7. The van der Waals surface area contributed by atoms with Gasteiger partial charge in [-0.25, -0.2) is 0 Å². The Hall–Kier alpha value is -0.370. The lowest BCUT2D eigenvalue weighted by atomic mass is 9.87. The van der Waals surface area contributed by atoms with Crippen molar-refractivity contribution in [2.45, 2.75) is 47.6 Å². The summed E-state index contributed by atoms with van der Waals surface area (Å²) in [5, 5.41) is 0. The van der Waals surface area contributed by atoms with Crippen molar-refractivity contribution < 1.29 is 4.79 Å².